The summed E-state index contributed by atoms with van der Waals surface area (Å²) in [5.41, 5.74) is 0. The summed E-state index contributed by atoms with van der Waals surface area (Å²) in [6.45, 7) is 3.26. The van der Waals surface area contributed by atoms with E-state index >= 15 is 0 Å². The molecule has 0 aromatic carbocycles. The standard InChI is InChI=1S/C14H14INO5S/c1-3-8(2)20-12(17)7-16-13(18)10(22-14(16)19)6-9-4-5-11(15)21-9/h4-6,8H,3,7H2,1-2H3/b10-6-/t8-/m0/s1. The fraction of sp³-hybridized carbons (Fsp3) is 0.357. The number of halogens is 1. The maximum absolute atomic E-state index is 12.2. The van der Waals surface area contributed by atoms with E-state index in [1.165, 1.54) is 6.08 Å². The first-order valence-electron chi connectivity index (χ1n) is 6.61. The van der Waals surface area contributed by atoms with Gasteiger partial charge in [-0.1, -0.05) is 6.92 Å². The molecule has 2 heterocycles. The summed E-state index contributed by atoms with van der Waals surface area (Å²) in [5.74, 6) is -0.620. The maximum atomic E-state index is 12.2. The molecule has 6 nitrogen and oxygen atoms in total. The van der Waals surface area contributed by atoms with Crippen molar-refractivity contribution in [1.29, 1.82) is 0 Å². The zero-order valence-corrected chi connectivity index (χ0v) is 15.0. The Morgan fingerprint density at radius 3 is 2.82 bits per heavy atom. The number of ether oxygens (including phenoxy) is 1. The zero-order chi connectivity index (χ0) is 16.3. The molecule has 1 fully saturated rings. The minimum absolute atomic E-state index is 0.229. The van der Waals surface area contributed by atoms with Gasteiger partial charge < -0.3 is 9.15 Å². The summed E-state index contributed by atoms with van der Waals surface area (Å²) in [6.07, 6.45) is 1.92. The van der Waals surface area contributed by atoms with Gasteiger partial charge >= 0.3 is 5.97 Å². The summed E-state index contributed by atoms with van der Waals surface area (Å²) in [7, 11) is 0. The minimum Gasteiger partial charge on any atom is -0.461 e. The van der Waals surface area contributed by atoms with E-state index in [9.17, 15) is 14.4 Å². The number of hydrogen-bond acceptors (Lipinski definition) is 6. The van der Waals surface area contributed by atoms with E-state index < -0.39 is 17.1 Å². The number of carbonyl (C=O) groups excluding carboxylic acids is 3. The zero-order valence-electron chi connectivity index (χ0n) is 12.0. The van der Waals surface area contributed by atoms with E-state index in [0.29, 0.717) is 15.9 Å². The molecule has 0 radical (unpaired) electrons. The smallest absolute Gasteiger partial charge is 0.326 e. The van der Waals surface area contributed by atoms with Crippen LogP contribution < -0.4 is 0 Å². The van der Waals surface area contributed by atoms with Crippen LogP contribution >= 0.6 is 34.4 Å². The summed E-state index contributed by atoms with van der Waals surface area (Å²) < 4.78 is 11.1. The Morgan fingerprint density at radius 2 is 2.23 bits per heavy atom. The Labute approximate surface area is 145 Å². The molecule has 1 aromatic rings. The number of amides is 2. The van der Waals surface area contributed by atoms with Crippen LogP contribution in [0.15, 0.2) is 21.5 Å². The molecule has 1 aliphatic heterocycles. The van der Waals surface area contributed by atoms with Crippen LogP contribution in [0.25, 0.3) is 6.08 Å². The third-order valence-corrected chi connectivity index (χ3v) is 4.42. The molecule has 0 saturated carbocycles. The first-order chi connectivity index (χ1) is 10.4. The van der Waals surface area contributed by atoms with Crippen LogP contribution in [0, 0.1) is 3.77 Å². The molecule has 2 amide bonds. The number of thioether (sulfide) groups is 1. The van der Waals surface area contributed by atoms with Crippen LogP contribution in [0.2, 0.25) is 0 Å². The van der Waals surface area contributed by atoms with Gasteiger partial charge in [-0.25, -0.2) is 0 Å². The summed E-state index contributed by atoms with van der Waals surface area (Å²) in [6, 6.07) is 3.45. The largest absolute Gasteiger partial charge is 0.461 e. The summed E-state index contributed by atoms with van der Waals surface area (Å²) >= 11 is 2.79. The van der Waals surface area contributed by atoms with Crippen molar-refractivity contribution in [3.63, 3.8) is 0 Å². The number of carbonyl (C=O) groups is 3. The number of rotatable bonds is 5. The van der Waals surface area contributed by atoms with Gasteiger partial charge in [0.2, 0.25) is 0 Å². The van der Waals surface area contributed by atoms with Crippen molar-refractivity contribution in [2.75, 3.05) is 6.54 Å². The lowest BCUT2D eigenvalue weighted by atomic mass is 10.3. The van der Waals surface area contributed by atoms with Crippen LogP contribution in [0.5, 0.6) is 0 Å². The van der Waals surface area contributed by atoms with Crippen LogP contribution in [0.1, 0.15) is 26.0 Å². The highest BCUT2D eigenvalue weighted by Gasteiger charge is 2.37. The highest BCUT2D eigenvalue weighted by molar-refractivity contribution is 14.1. The van der Waals surface area contributed by atoms with Crippen molar-refractivity contribution in [1.82, 2.24) is 4.90 Å². The second kappa shape index (κ2) is 7.32. The van der Waals surface area contributed by atoms with Gasteiger partial charge in [0, 0.05) is 6.08 Å². The average molecular weight is 435 g/mol. The third-order valence-electron chi connectivity index (χ3n) is 2.94. The predicted molar refractivity (Wildman–Crippen MR) is 89.9 cm³/mol. The average Bonchev–Trinajstić information content (AvgIpc) is 2.98. The highest BCUT2D eigenvalue weighted by Crippen LogP contribution is 2.32. The number of imide groups is 1. The lowest BCUT2D eigenvalue weighted by Gasteiger charge is -2.14. The highest BCUT2D eigenvalue weighted by atomic mass is 127. The number of esters is 1. The Balaban J connectivity index is 2.06. The molecule has 0 N–H and O–H groups in total. The fourth-order valence-corrected chi connectivity index (χ4v) is 2.90. The van der Waals surface area contributed by atoms with Gasteiger partial charge in [-0.3, -0.25) is 19.3 Å². The molecular weight excluding hydrogens is 421 g/mol. The lowest BCUT2D eigenvalue weighted by molar-refractivity contribution is -0.150. The summed E-state index contributed by atoms with van der Waals surface area (Å²) in [4.78, 5) is 36.9. The molecule has 0 unspecified atom stereocenters. The van der Waals surface area contributed by atoms with Crippen molar-refractivity contribution < 1.29 is 23.5 Å². The fourth-order valence-electron chi connectivity index (χ4n) is 1.65. The third kappa shape index (κ3) is 4.13. The van der Waals surface area contributed by atoms with Crippen LogP contribution in [0.3, 0.4) is 0 Å². The molecule has 0 spiro atoms. The van der Waals surface area contributed by atoms with E-state index in [1.807, 2.05) is 29.5 Å². The molecule has 1 aliphatic rings. The van der Waals surface area contributed by atoms with E-state index in [0.717, 1.165) is 16.7 Å². The van der Waals surface area contributed by atoms with E-state index in [2.05, 4.69) is 0 Å². The van der Waals surface area contributed by atoms with Crippen LogP contribution in [-0.2, 0) is 14.3 Å². The van der Waals surface area contributed by atoms with Crippen LogP contribution in [-0.4, -0.2) is 34.7 Å². The quantitative estimate of drug-likeness (QED) is 0.402. The van der Waals surface area contributed by atoms with Crippen molar-refractivity contribution in [2.24, 2.45) is 0 Å². The second-order valence-electron chi connectivity index (χ2n) is 4.62. The van der Waals surface area contributed by atoms with Gasteiger partial charge in [0.15, 0.2) is 3.77 Å². The van der Waals surface area contributed by atoms with Crippen molar-refractivity contribution in [3.05, 3.63) is 26.6 Å². The molecule has 8 heteroatoms. The van der Waals surface area contributed by atoms with Gasteiger partial charge in [-0.2, -0.15) is 0 Å². The lowest BCUT2D eigenvalue weighted by Crippen LogP contribution is -2.35. The first-order valence-corrected chi connectivity index (χ1v) is 8.50. The SMILES string of the molecule is CC[C@H](C)OC(=O)CN1C(=O)S/C(=C\c2ccc(I)o2)C1=O. The predicted octanol–water partition coefficient (Wildman–Crippen LogP) is 3.26. The summed E-state index contributed by atoms with van der Waals surface area (Å²) in [5, 5.41) is -0.487. The number of hydrogen-bond donors (Lipinski definition) is 0. The number of furan rings is 1. The van der Waals surface area contributed by atoms with Gasteiger partial charge in [-0.15, -0.1) is 0 Å². The second-order valence-corrected chi connectivity index (χ2v) is 6.67. The molecule has 0 bridgehead atoms. The van der Waals surface area contributed by atoms with Crippen molar-refractivity contribution >= 4 is 57.5 Å². The Kier molecular flexibility index (Phi) is 5.68. The Hall–Kier alpha value is -1.29. The number of nitrogens with zero attached hydrogens (tertiary/aromatic N) is 1. The topological polar surface area (TPSA) is 76.8 Å². The molecule has 118 valence electrons. The molecule has 2 rings (SSSR count). The first kappa shape index (κ1) is 17.1. The monoisotopic (exact) mass is 435 g/mol. The van der Waals surface area contributed by atoms with E-state index in [1.54, 1.807) is 19.1 Å². The molecular formula is C14H14INO5S. The van der Waals surface area contributed by atoms with Gasteiger partial charge in [0.1, 0.15) is 12.3 Å². The Morgan fingerprint density at radius 1 is 1.50 bits per heavy atom. The molecule has 1 aromatic heterocycles. The molecule has 1 saturated heterocycles. The van der Waals surface area contributed by atoms with Gasteiger partial charge in [-0.05, 0) is 59.8 Å². The van der Waals surface area contributed by atoms with E-state index in [-0.39, 0.29) is 17.6 Å². The van der Waals surface area contributed by atoms with Crippen molar-refractivity contribution in [2.45, 2.75) is 26.4 Å². The van der Waals surface area contributed by atoms with E-state index in [4.69, 9.17) is 9.15 Å². The molecule has 0 aliphatic carbocycles. The maximum Gasteiger partial charge on any atom is 0.326 e. The van der Waals surface area contributed by atoms with Gasteiger partial charge in [0.25, 0.3) is 11.1 Å². The normalized spacial score (nSPS) is 18.1. The Bertz CT molecular complexity index is 639. The minimum atomic E-state index is -0.592. The molecule has 22 heavy (non-hydrogen) atoms. The van der Waals surface area contributed by atoms with Gasteiger partial charge in [0.05, 0.1) is 11.0 Å². The van der Waals surface area contributed by atoms with Crippen LogP contribution in [0.4, 0.5) is 4.79 Å². The molecule has 1 atom stereocenters. The van der Waals surface area contributed by atoms with Crippen molar-refractivity contribution in [3.8, 4) is 0 Å².